The average Bonchev–Trinajstić information content (AvgIpc) is 2.47. The number of aromatic hydroxyl groups is 1. The highest BCUT2D eigenvalue weighted by atomic mass is 16.5. The van der Waals surface area contributed by atoms with Crippen molar-refractivity contribution >= 4 is 12.1 Å². The Bertz CT molecular complexity index is 696. The zero-order valence-corrected chi connectivity index (χ0v) is 12.5. The van der Waals surface area contributed by atoms with Gasteiger partial charge in [0, 0.05) is 5.56 Å². The second-order valence-electron chi connectivity index (χ2n) is 4.96. The zero-order chi connectivity index (χ0) is 15.9. The number of ether oxygens (including phenoxy) is 1. The van der Waals surface area contributed by atoms with Crippen molar-refractivity contribution in [1.29, 1.82) is 0 Å². The minimum absolute atomic E-state index is 0.119. The van der Waals surface area contributed by atoms with Crippen LogP contribution >= 0.6 is 0 Å². The lowest BCUT2D eigenvalue weighted by Crippen LogP contribution is -2.24. The minimum Gasteiger partial charge on any atom is -0.507 e. The number of carbonyl (C=O) groups is 1. The van der Waals surface area contributed by atoms with Crippen LogP contribution in [0.5, 0.6) is 11.5 Å². The average molecular weight is 298 g/mol. The van der Waals surface area contributed by atoms with Crippen LogP contribution in [0.1, 0.15) is 16.7 Å². The molecule has 0 fully saturated rings. The Kier molecular flexibility index (Phi) is 5.14. The van der Waals surface area contributed by atoms with Gasteiger partial charge >= 0.3 is 0 Å². The maximum Gasteiger partial charge on any atom is 0.277 e. The van der Waals surface area contributed by atoms with Crippen LogP contribution in [0, 0.1) is 13.8 Å². The summed E-state index contributed by atoms with van der Waals surface area (Å²) in [6, 6.07) is 12.7. The fourth-order valence-corrected chi connectivity index (χ4v) is 1.82. The SMILES string of the molecule is Cc1cccc(OCC(=O)NN=Cc2ccc(C)cc2O)c1. The Balaban J connectivity index is 1.83. The van der Waals surface area contributed by atoms with Crippen LogP contribution in [-0.2, 0) is 4.79 Å². The van der Waals surface area contributed by atoms with Crippen LogP contribution in [0.15, 0.2) is 47.6 Å². The van der Waals surface area contributed by atoms with Crippen molar-refractivity contribution in [3.8, 4) is 11.5 Å². The van der Waals surface area contributed by atoms with Crippen LogP contribution in [-0.4, -0.2) is 23.8 Å². The van der Waals surface area contributed by atoms with Gasteiger partial charge in [0.25, 0.3) is 5.91 Å². The van der Waals surface area contributed by atoms with Gasteiger partial charge in [-0.2, -0.15) is 5.10 Å². The summed E-state index contributed by atoms with van der Waals surface area (Å²) in [4.78, 5) is 11.6. The number of nitrogens with one attached hydrogen (secondary N) is 1. The van der Waals surface area contributed by atoms with Crippen molar-refractivity contribution in [1.82, 2.24) is 5.43 Å². The monoisotopic (exact) mass is 298 g/mol. The smallest absolute Gasteiger partial charge is 0.277 e. The van der Waals surface area contributed by atoms with E-state index in [1.165, 1.54) is 6.21 Å². The quantitative estimate of drug-likeness (QED) is 0.658. The number of hydrogen-bond acceptors (Lipinski definition) is 4. The van der Waals surface area contributed by atoms with Gasteiger partial charge in [-0.05, 0) is 49.2 Å². The van der Waals surface area contributed by atoms with Gasteiger partial charge in [0.1, 0.15) is 11.5 Å². The van der Waals surface area contributed by atoms with E-state index in [2.05, 4.69) is 10.5 Å². The Morgan fingerprint density at radius 2 is 2.00 bits per heavy atom. The van der Waals surface area contributed by atoms with Gasteiger partial charge in [-0.1, -0.05) is 18.2 Å². The highest BCUT2D eigenvalue weighted by Gasteiger charge is 2.02. The lowest BCUT2D eigenvalue weighted by Gasteiger charge is -2.05. The van der Waals surface area contributed by atoms with Crippen LogP contribution in [0.2, 0.25) is 0 Å². The van der Waals surface area contributed by atoms with Crippen molar-refractivity contribution in [2.45, 2.75) is 13.8 Å². The van der Waals surface area contributed by atoms with Gasteiger partial charge in [-0.3, -0.25) is 4.79 Å². The number of rotatable bonds is 5. The van der Waals surface area contributed by atoms with Crippen molar-refractivity contribution in [2.75, 3.05) is 6.61 Å². The molecule has 0 aliphatic carbocycles. The predicted octanol–water partition coefficient (Wildman–Crippen LogP) is 2.54. The number of hydrazone groups is 1. The van der Waals surface area contributed by atoms with E-state index in [0.717, 1.165) is 11.1 Å². The van der Waals surface area contributed by atoms with E-state index in [1.807, 2.05) is 38.1 Å². The molecule has 0 bridgehead atoms. The third kappa shape index (κ3) is 4.63. The number of benzene rings is 2. The van der Waals surface area contributed by atoms with Gasteiger partial charge in [0.2, 0.25) is 0 Å². The molecule has 2 N–H and O–H groups in total. The maximum absolute atomic E-state index is 11.6. The van der Waals surface area contributed by atoms with Gasteiger partial charge in [0.05, 0.1) is 6.21 Å². The summed E-state index contributed by atoms with van der Waals surface area (Å²) in [5.74, 6) is 0.383. The summed E-state index contributed by atoms with van der Waals surface area (Å²) < 4.78 is 5.36. The van der Waals surface area contributed by atoms with E-state index in [-0.39, 0.29) is 18.3 Å². The highest BCUT2D eigenvalue weighted by molar-refractivity contribution is 5.85. The second-order valence-corrected chi connectivity index (χ2v) is 4.96. The molecule has 0 aliphatic rings. The standard InChI is InChI=1S/C17H18N2O3/c1-12-4-3-5-15(8-12)22-11-17(21)19-18-10-14-7-6-13(2)9-16(14)20/h3-10,20H,11H2,1-2H3,(H,19,21). The van der Waals surface area contributed by atoms with Crippen LogP contribution in [0.3, 0.4) is 0 Å². The molecule has 0 spiro atoms. The number of aryl methyl sites for hydroxylation is 2. The molecule has 2 aromatic carbocycles. The van der Waals surface area contributed by atoms with E-state index in [1.54, 1.807) is 18.2 Å². The zero-order valence-electron chi connectivity index (χ0n) is 12.5. The first-order valence-corrected chi connectivity index (χ1v) is 6.85. The molecule has 0 unspecified atom stereocenters. The van der Waals surface area contributed by atoms with Gasteiger partial charge in [-0.15, -0.1) is 0 Å². The summed E-state index contributed by atoms with van der Waals surface area (Å²) in [6.07, 6.45) is 1.39. The van der Waals surface area contributed by atoms with Crippen molar-refractivity contribution in [2.24, 2.45) is 5.10 Å². The van der Waals surface area contributed by atoms with E-state index >= 15 is 0 Å². The number of hydrogen-bond donors (Lipinski definition) is 2. The lowest BCUT2D eigenvalue weighted by molar-refractivity contribution is -0.123. The molecular formula is C17H18N2O3. The number of nitrogens with zero attached hydrogens (tertiary/aromatic N) is 1. The number of phenolic OH excluding ortho intramolecular Hbond substituents is 1. The fourth-order valence-electron chi connectivity index (χ4n) is 1.82. The first kappa shape index (κ1) is 15.6. The molecule has 2 aromatic rings. The molecule has 5 heteroatoms. The fraction of sp³-hybridized carbons (Fsp3) is 0.176. The molecule has 0 heterocycles. The molecule has 0 atom stereocenters. The minimum atomic E-state index is -0.371. The van der Waals surface area contributed by atoms with E-state index in [0.29, 0.717) is 11.3 Å². The summed E-state index contributed by atoms with van der Waals surface area (Å²) >= 11 is 0. The molecule has 0 aliphatic heterocycles. The Morgan fingerprint density at radius 1 is 1.23 bits per heavy atom. The molecule has 0 aromatic heterocycles. The molecule has 2 rings (SSSR count). The number of carbonyl (C=O) groups excluding carboxylic acids is 1. The first-order valence-electron chi connectivity index (χ1n) is 6.85. The third-order valence-electron chi connectivity index (χ3n) is 2.94. The number of amides is 1. The van der Waals surface area contributed by atoms with Crippen LogP contribution < -0.4 is 10.2 Å². The van der Waals surface area contributed by atoms with Gasteiger partial charge < -0.3 is 9.84 Å². The topological polar surface area (TPSA) is 70.9 Å². The Morgan fingerprint density at radius 3 is 2.73 bits per heavy atom. The maximum atomic E-state index is 11.6. The summed E-state index contributed by atoms with van der Waals surface area (Å²) in [6.45, 7) is 3.71. The molecule has 1 amide bonds. The van der Waals surface area contributed by atoms with Gasteiger partial charge in [0.15, 0.2) is 6.61 Å². The van der Waals surface area contributed by atoms with E-state index < -0.39 is 0 Å². The lowest BCUT2D eigenvalue weighted by atomic mass is 10.1. The number of phenols is 1. The molecular weight excluding hydrogens is 280 g/mol. The molecule has 0 saturated heterocycles. The molecule has 22 heavy (non-hydrogen) atoms. The largest absolute Gasteiger partial charge is 0.507 e. The van der Waals surface area contributed by atoms with E-state index in [9.17, 15) is 9.90 Å². The van der Waals surface area contributed by atoms with Crippen molar-refractivity contribution in [3.05, 3.63) is 59.2 Å². The Hall–Kier alpha value is -2.82. The first-order chi connectivity index (χ1) is 10.5. The van der Waals surface area contributed by atoms with Gasteiger partial charge in [-0.25, -0.2) is 5.43 Å². The van der Waals surface area contributed by atoms with Crippen molar-refractivity contribution in [3.63, 3.8) is 0 Å². The van der Waals surface area contributed by atoms with Crippen LogP contribution in [0.4, 0.5) is 0 Å². The molecule has 0 radical (unpaired) electrons. The Labute approximate surface area is 129 Å². The highest BCUT2D eigenvalue weighted by Crippen LogP contribution is 2.16. The second kappa shape index (κ2) is 7.26. The van der Waals surface area contributed by atoms with Crippen molar-refractivity contribution < 1.29 is 14.6 Å². The molecule has 0 saturated carbocycles. The van der Waals surface area contributed by atoms with Crippen LogP contribution in [0.25, 0.3) is 0 Å². The third-order valence-corrected chi connectivity index (χ3v) is 2.94. The predicted molar refractivity (Wildman–Crippen MR) is 85.3 cm³/mol. The summed E-state index contributed by atoms with van der Waals surface area (Å²) in [5.41, 5.74) is 4.90. The summed E-state index contributed by atoms with van der Waals surface area (Å²) in [5, 5.41) is 13.5. The molecule has 5 nitrogen and oxygen atoms in total. The molecule has 114 valence electrons. The van der Waals surface area contributed by atoms with E-state index in [4.69, 9.17) is 4.74 Å². The normalized spacial score (nSPS) is 10.6. The summed E-state index contributed by atoms with van der Waals surface area (Å²) in [7, 11) is 0.